The van der Waals surface area contributed by atoms with Crippen LogP contribution in [0.25, 0.3) is 0 Å². The van der Waals surface area contributed by atoms with Crippen molar-refractivity contribution in [2.75, 3.05) is 26.2 Å². The van der Waals surface area contributed by atoms with Gasteiger partial charge in [-0.05, 0) is 64.7 Å². The molecular weight excluding hydrogens is 306 g/mol. The summed E-state index contributed by atoms with van der Waals surface area (Å²) in [5.74, 6) is 0. The Labute approximate surface area is 154 Å². The number of nitrogens with zero attached hydrogens (tertiary/aromatic N) is 2. The summed E-state index contributed by atoms with van der Waals surface area (Å²) in [7, 11) is 0. The van der Waals surface area contributed by atoms with Crippen molar-refractivity contribution in [3.05, 3.63) is 48.6 Å². The lowest BCUT2D eigenvalue weighted by Crippen LogP contribution is -2.63. The molecule has 2 heterocycles. The average molecular weight is 342 g/mol. The molecule has 3 nitrogen and oxygen atoms in total. The Morgan fingerprint density at radius 3 is 2.52 bits per heavy atom. The average Bonchev–Trinajstić information content (AvgIpc) is 2.61. The zero-order valence-corrected chi connectivity index (χ0v) is 16.1. The van der Waals surface area contributed by atoms with Gasteiger partial charge in [0.25, 0.3) is 0 Å². The summed E-state index contributed by atoms with van der Waals surface area (Å²) in [6.07, 6.45) is 7.14. The maximum absolute atomic E-state index is 4.03. The standard InChI is InChI=1S/C22H35N3/c1-4-14-24-16-12-20(13-17-24)23-21-11-8-15-25(22(21,2)3)18-19-9-6-5-7-10-19/h4-7,9-10,20-21,23H,1,8,11-18H2,2-3H3. The molecule has 0 bridgehead atoms. The van der Waals surface area contributed by atoms with Crippen molar-refractivity contribution in [1.82, 2.24) is 15.1 Å². The molecule has 0 aliphatic carbocycles. The fourth-order valence-corrected chi connectivity index (χ4v) is 4.47. The topological polar surface area (TPSA) is 18.5 Å². The molecule has 1 aromatic carbocycles. The van der Waals surface area contributed by atoms with Gasteiger partial charge in [-0.1, -0.05) is 36.4 Å². The summed E-state index contributed by atoms with van der Waals surface area (Å²) >= 11 is 0. The zero-order chi connectivity index (χ0) is 17.7. The Morgan fingerprint density at radius 1 is 1.12 bits per heavy atom. The van der Waals surface area contributed by atoms with Crippen molar-refractivity contribution in [2.45, 2.75) is 63.7 Å². The highest BCUT2D eigenvalue weighted by Gasteiger charge is 2.39. The van der Waals surface area contributed by atoms with E-state index in [-0.39, 0.29) is 5.54 Å². The van der Waals surface area contributed by atoms with Gasteiger partial charge in [-0.2, -0.15) is 0 Å². The monoisotopic (exact) mass is 341 g/mol. The van der Waals surface area contributed by atoms with Gasteiger partial charge >= 0.3 is 0 Å². The van der Waals surface area contributed by atoms with E-state index >= 15 is 0 Å². The highest BCUT2D eigenvalue weighted by molar-refractivity contribution is 5.15. The van der Waals surface area contributed by atoms with Gasteiger partial charge in [-0.25, -0.2) is 0 Å². The quantitative estimate of drug-likeness (QED) is 0.797. The Balaban J connectivity index is 1.57. The van der Waals surface area contributed by atoms with Crippen LogP contribution in [0.15, 0.2) is 43.0 Å². The summed E-state index contributed by atoms with van der Waals surface area (Å²) < 4.78 is 0. The molecule has 3 heteroatoms. The molecule has 2 fully saturated rings. The fraction of sp³-hybridized carbons (Fsp3) is 0.636. The van der Waals surface area contributed by atoms with Crippen LogP contribution in [0.1, 0.15) is 45.1 Å². The van der Waals surface area contributed by atoms with E-state index in [1.54, 1.807) is 0 Å². The van der Waals surface area contributed by atoms with Gasteiger partial charge in [0.05, 0.1) is 0 Å². The van der Waals surface area contributed by atoms with Gasteiger partial charge in [0.1, 0.15) is 0 Å². The van der Waals surface area contributed by atoms with Crippen molar-refractivity contribution in [2.24, 2.45) is 0 Å². The second-order valence-electron chi connectivity index (χ2n) is 8.29. The molecule has 25 heavy (non-hydrogen) atoms. The van der Waals surface area contributed by atoms with E-state index in [9.17, 15) is 0 Å². The number of hydrogen-bond acceptors (Lipinski definition) is 3. The first-order valence-corrected chi connectivity index (χ1v) is 9.98. The number of piperidine rings is 2. The molecule has 1 unspecified atom stereocenters. The highest BCUT2D eigenvalue weighted by Crippen LogP contribution is 2.30. The Hall–Kier alpha value is -1.16. The van der Waals surface area contributed by atoms with Crippen LogP contribution in [0, 0.1) is 0 Å². The summed E-state index contributed by atoms with van der Waals surface area (Å²) in [5.41, 5.74) is 1.63. The SMILES string of the molecule is C=CCN1CCC(NC2CCCN(Cc3ccccc3)C2(C)C)CC1. The van der Waals surface area contributed by atoms with Crippen molar-refractivity contribution in [3.63, 3.8) is 0 Å². The number of benzene rings is 1. The van der Waals surface area contributed by atoms with Crippen LogP contribution in [-0.2, 0) is 6.54 Å². The van der Waals surface area contributed by atoms with Crippen LogP contribution >= 0.6 is 0 Å². The van der Waals surface area contributed by atoms with Gasteiger partial charge in [0.2, 0.25) is 0 Å². The lowest BCUT2D eigenvalue weighted by molar-refractivity contribution is 0.0271. The second kappa shape index (κ2) is 8.48. The van der Waals surface area contributed by atoms with Gasteiger partial charge in [-0.3, -0.25) is 9.80 Å². The van der Waals surface area contributed by atoms with E-state index in [0.29, 0.717) is 12.1 Å². The summed E-state index contributed by atoms with van der Waals surface area (Å²) in [6, 6.07) is 12.2. The molecule has 1 atom stereocenters. The normalized spacial score (nSPS) is 25.8. The van der Waals surface area contributed by atoms with Gasteiger partial charge < -0.3 is 5.32 Å². The first kappa shape index (κ1) is 18.6. The molecule has 3 rings (SSSR count). The third-order valence-electron chi connectivity index (χ3n) is 6.22. The van der Waals surface area contributed by atoms with Crippen molar-refractivity contribution < 1.29 is 0 Å². The van der Waals surface area contributed by atoms with Crippen molar-refractivity contribution >= 4 is 0 Å². The Morgan fingerprint density at radius 2 is 1.84 bits per heavy atom. The molecule has 0 saturated carbocycles. The molecule has 2 aliphatic rings. The minimum Gasteiger partial charge on any atom is -0.309 e. The molecule has 138 valence electrons. The Kier molecular flexibility index (Phi) is 6.32. The van der Waals surface area contributed by atoms with Crippen LogP contribution in [0.4, 0.5) is 0 Å². The maximum Gasteiger partial charge on any atom is 0.0309 e. The van der Waals surface area contributed by atoms with E-state index in [0.717, 1.165) is 13.1 Å². The van der Waals surface area contributed by atoms with E-state index in [1.807, 2.05) is 6.08 Å². The molecule has 0 radical (unpaired) electrons. The van der Waals surface area contributed by atoms with E-state index in [1.165, 1.54) is 50.9 Å². The molecule has 2 saturated heterocycles. The highest BCUT2D eigenvalue weighted by atomic mass is 15.2. The molecule has 0 spiro atoms. The summed E-state index contributed by atoms with van der Waals surface area (Å²) in [6.45, 7) is 14.4. The van der Waals surface area contributed by atoms with Gasteiger partial charge in [0, 0.05) is 30.7 Å². The van der Waals surface area contributed by atoms with Crippen LogP contribution < -0.4 is 5.32 Å². The molecular formula is C22H35N3. The molecule has 1 aromatic rings. The van der Waals surface area contributed by atoms with E-state index in [4.69, 9.17) is 0 Å². The third-order valence-corrected chi connectivity index (χ3v) is 6.22. The zero-order valence-electron chi connectivity index (χ0n) is 16.1. The minimum atomic E-state index is 0.201. The predicted octanol–water partition coefficient (Wildman–Crippen LogP) is 3.67. The third kappa shape index (κ3) is 4.72. The Bertz CT molecular complexity index is 531. The maximum atomic E-state index is 4.03. The van der Waals surface area contributed by atoms with Crippen LogP contribution in [0.2, 0.25) is 0 Å². The smallest absolute Gasteiger partial charge is 0.0309 e. The molecule has 0 aromatic heterocycles. The number of likely N-dealkylation sites (tertiary alicyclic amines) is 2. The van der Waals surface area contributed by atoms with Crippen molar-refractivity contribution in [3.8, 4) is 0 Å². The van der Waals surface area contributed by atoms with E-state index < -0.39 is 0 Å². The number of rotatable bonds is 6. The van der Waals surface area contributed by atoms with Gasteiger partial charge in [0.15, 0.2) is 0 Å². The second-order valence-corrected chi connectivity index (χ2v) is 8.29. The minimum absolute atomic E-state index is 0.201. The predicted molar refractivity (Wildman–Crippen MR) is 107 cm³/mol. The number of hydrogen-bond donors (Lipinski definition) is 1. The summed E-state index contributed by atoms with van der Waals surface area (Å²) in [4.78, 5) is 5.19. The molecule has 2 aliphatic heterocycles. The summed E-state index contributed by atoms with van der Waals surface area (Å²) in [5, 5.41) is 4.03. The van der Waals surface area contributed by atoms with Crippen LogP contribution in [0.5, 0.6) is 0 Å². The number of nitrogens with one attached hydrogen (secondary N) is 1. The van der Waals surface area contributed by atoms with Crippen LogP contribution in [-0.4, -0.2) is 53.6 Å². The fourth-order valence-electron chi connectivity index (χ4n) is 4.47. The van der Waals surface area contributed by atoms with E-state index in [2.05, 4.69) is 65.9 Å². The van der Waals surface area contributed by atoms with Crippen LogP contribution in [0.3, 0.4) is 0 Å². The lowest BCUT2D eigenvalue weighted by atomic mass is 9.83. The first-order chi connectivity index (χ1) is 12.1. The molecule has 1 N–H and O–H groups in total. The first-order valence-electron chi connectivity index (χ1n) is 9.98. The largest absolute Gasteiger partial charge is 0.309 e. The lowest BCUT2D eigenvalue weighted by Gasteiger charge is -2.50. The molecule has 0 amide bonds. The van der Waals surface area contributed by atoms with Gasteiger partial charge in [-0.15, -0.1) is 6.58 Å². The van der Waals surface area contributed by atoms with Crippen molar-refractivity contribution in [1.29, 1.82) is 0 Å².